The van der Waals surface area contributed by atoms with E-state index in [1.165, 1.54) is 11.6 Å². The fourth-order valence-corrected chi connectivity index (χ4v) is 2.59. The van der Waals surface area contributed by atoms with E-state index in [4.69, 9.17) is 5.73 Å². The Hall–Kier alpha value is -1.67. The van der Waals surface area contributed by atoms with Crippen molar-refractivity contribution in [1.82, 2.24) is 0 Å². The van der Waals surface area contributed by atoms with E-state index in [9.17, 15) is 4.39 Å². The molecule has 1 nitrogen and oxygen atoms in total. The number of nitrogens with two attached hydrogens (primary N) is 1. The van der Waals surface area contributed by atoms with Crippen LogP contribution in [0, 0.1) is 12.7 Å². The predicted molar refractivity (Wildman–Crippen MR) is 77.5 cm³/mol. The lowest BCUT2D eigenvalue weighted by atomic mass is 9.85. The molecule has 19 heavy (non-hydrogen) atoms. The van der Waals surface area contributed by atoms with Gasteiger partial charge in [0.15, 0.2) is 0 Å². The van der Waals surface area contributed by atoms with Gasteiger partial charge in [0.25, 0.3) is 0 Å². The first-order chi connectivity index (χ1) is 9.11. The smallest absolute Gasteiger partial charge is 0.123 e. The third-order valence-electron chi connectivity index (χ3n) is 3.55. The lowest BCUT2D eigenvalue weighted by Crippen LogP contribution is -2.19. The third-order valence-corrected chi connectivity index (χ3v) is 3.55. The standard InChI is InChI=1S/C17H20FN/c1-3-16(13-7-5-4-6-8-13)17(19)14-9-12(2)10-15(18)11-14/h4-11,16-17H,3,19H2,1-2H3. The fourth-order valence-electron chi connectivity index (χ4n) is 2.59. The third kappa shape index (κ3) is 3.21. The van der Waals surface area contributed by atoms with Crippen LogP contribution in [0.3, 0.4) is 0 Å². The lowest BCUT2D eigenvalue weighted by Gasteiger charge is -2.24. The predicted octanol–water partition coefficient (Wildman–Crippen LogP) is 4.33. The van der Waals surface area contributed by atoms with Crippen LogP contribution in [0.2, 0.25) is 0 Å². The maximum absolute atomic E-state index is 13.5. The number of aryl methyl sites for hydroxylation is 1. The molecule has 0 aliphatic carbocycles. The summed E-state index contributed by atoms with van der Waals surface area (Å²) in [6, 6.07) is 15.1. The van der Waals surface area contributed by atoms with Crippen molar-refractivity contribution in [3.8, 4) is 0 Å². The molecular formula is C17H20FN. The molecule has 0 aliphatic rings. The van der Waals surface area contributed by atoms with Gasteiger partial charge in [-0.05, 0) is 42.2 Å². The van der Waals surface area contributed by atoms with Gasteiger partial charge in [-0.1, -0.05) is 43.3 Å². The summed E-state index contributed by atoms with van der Waals surface area (Å²) in [6.45, 7) is 4.01. The summed E-state index contributed by atoms with van der Waals surface area (Å²) in [6.07, 6.45) is 0.931. The minimum absolute atomic E-state index is 0.179. The van der Waals surface area contributed by atoms with Gasteiger partial charge >= 0.3 is 0 Å². The van der Waals surface area contributed by atoms with Crippen molar-refractivity contribution in [1.29, 1.82) is 0 Å². The van der Waals surface area contributed by atoms with Crippen LogP contribution in [0.15, 0.2) is 48.5 Å². The van der Waals surface area contributed by atoms with Crippen molar-refractivity contribution in [2.45, 2.75) is 32.2 Å². The summed E-state index contributed by atoms with van der Waals surface area (Å²) in [5.41, 5.74) is 9.34. The average Bonchev–Trinajstić information content (AvgIpc) is 2.39. The molecule has 2 unspecified atom stereocenters. The van der Waals surface area contributed by atoms with Gasteiger partial charge in [-0.25, -0.2) is 4.39 Å². The first-order valence-electron chi connectivity index (χ1n) is 6.69. The fraction of sp³-hybridized carbons (Fsp3) is 0.294. The zero-order valence-corrected chi connectivity index (χ0v) is 11.4. The molecule has 2 rings (SSSR count). The second kappa shape index (κ2) is 5.98. The van der Waals surface area contributed by atoms with Gasteiger partial charge < -0.3 is 5.73 Å². The molecule has 0 saturated heterocycles. The molecular weight excluding hydrogens is 237 g/mol. The first-order valence-corrected chi connectivity index (χ1v) is 6.69. The van der Waals surface area contributed by atoms with Crippen molar-refractivity contribution < 1.29 is 4.39 Å². The summed E-state index contributed by atoms with van der Waals surface area (Å²) < 4.78 is 13.5. The molecule has 0 fully saturated rings. The number of hydrogen-bond acceptors (Lipinski definition) is 1. The molecule has 100 valence electrons. The van der Waals surface area contributed by atoms with Gasteiger partial charge in [0.2, 0.25) is 0 Å². The molecule has 2 aromatic carbocycles. The van der Waals surface area contributed by atoms with Crippen molar-refractivity contribution in [2.75, 3.05) is 0 Å². The highest BCUT2D eigenvalue weighted by atomic mass is 19.1. The van der Waals surface area contributed by atoms with E-state index >= 15 is 0 Å². The molecule has 0 heterocycles. The molecule has 0 amide bonds. The maximum Gasteiger partial charge on any atom is 0.123 e. The minimum atomic E-state index is -0.214. The molecule has 0 saturated carbocycles. The van der Waals surface area contributed by atoms with Gasteiger partial charge in [-0.2, -0.15) is 0 Å². The zero-order valence-electron chi connectivity index (χ0n) is 11.4. The van der Waals surface area contributed by atoms with Gasteiger partial charge in [-0.15, -0.1) is 0 Å². The van der Waals surface area contributed by atoms with Crippen LogP contribution in [-0.4, -0.2) is 0 Å². The second-order valence-corrected chi connectivity index (χ2v) is 5.01. The number of halogens is 1. The van der Waals surface area contributed by atoms with E-state index in [1.807, 2.05) is 31.2 Å². The van der Waals surface area contributed by atoms with Gasteiger partial charge in [0.05, 0.1) is 0 Å². The van der Waals surface area contributed by atoms with E-state index in [0.717, 1.165) is 17.5 Å². The van der Waals surface area contributed by atoms with Crippen LogP contribution >= 0.6 is 0 Å². The van der Waals surface area contributed by atoms with Crippen molar-refractivity contribution in [2.24, 2.45) is 5.73 Å². The second-order valence-electron chi connectivity index (χ2n) is 5.01. The summed E-state index contributed by atoms with van der Waals surface area (Å²) in [4.78, 5) is 0. The Morgan fingerprint density at radius 2 is 1.74 bits per heavy atom. The molecule has 0 radical (unpaired) electrons. The van der Waals surface area contributed by atoms with Crippen LogP contribution in [0.4, 0.5) is 4.39 Å². The van der Waals surface area contributed by atoms with E-state index in [2.05, 4.69) is 19.1 Å². The van der Waals surface area contributed by atoms with Gasteiger partial charge in [-0.3, -0.25) is 0 Å². The molecule has 0 aliphatic heterocycles. The maximum atomic E-state index is 13.5. The summed E-state index contributed by atoms with van der Waals surface area (Å²) >= 11 is 0. The van der Waals surface area contributed by atoms with Crippen molar-refractivity contribution in [3.05, 3.63) is 71.0 Å². The lowest BCUT2D eigenvalue weighted by molar-refractivity contribution is 0.533. The van der Waals surface area contributed by atoms with Crippen LogP contribution in [0.1, 0.15) is 42.0 Å². The highest BCUT2D eigenvalue weighted by Gasteiger charge is 2.20. The SMILES string of the molecule is CCC(c1ccccc1)C(N)c1cc(C)cc(F)c1. The van der Waals surface area contributed by atoms with E-state index in [-0.39, 0.29) is 17.8 Å². The molecule has 2 aromatic rings. The first kappa shape index (κ1) is 13.8. The summed E-state index contributed by atoms with van der Waals surface area (Å²) in [5.74, 6) is -0.00392. The van der Waals surface area contributed by atoms with Crippen molar-refractivity contribution in [3.63, 3.8) is 0 Å². The Kier molecular flexibility index (Phi) is 4.33. The quantitative estimate of drug-likeness (QED) is 0.867. The molecule has 0 bridgehead atoms. The highest BCUT2D eigenvalue weighted by Crippen LogP contribution is 2.32. The van der Waals surface area contributed by atoms with Gasteiger partial charge in [0, 0.05) is 12.0 Å². The molecule has 2 heteroatoms. The molecule has 0 spiro atoms. The largest absolute Gasteiger partial charge is 0.323 e. The highest BCUT2D eigenvalue weighted by molar-refractivity contribution is 5.30. The summed E-state index contributed by atoms with van der Waals surface area (Å²) in [7, 11) is 0. The van der Waals surface area contributed by atoms with E-state index in [1.54, 1.807) is 6.07 Å². The monoisotopic (exact) mass is 257 g/mol. The Morgan fingerprint density at radius 3 is 2.32 bits per heavy atom. The van der Waals surface area contributed by atoms with Crippen molar-refractivity contribution >= 4 is 0 Å². The molecule has 2 atom stereocenters. The minimum Gasteiger partial charge on any atom is -0.323 e. The van der Waals surface area contributed by atoms with E-state index < -0.39 is 0 Å². The zero-order chi connectivity index (χ0) is 13.8. The van der Waals surface area contributed by atoms with Crippen LogP contribution in [0.5, 0.6) is 0 Å². The van der Waals surface area contributed by atoms with Crippen LogP contribution < -0.4 is 5.73 Å². The Balaban J connectivity index is 2.33. The number of hydrogen-bond donors (Lipinski definition) is 1. The molecule has 0 aromatic heterocycles. The Morgan fingerprint density at radius 1 is 1.05 bits per heavy atom. The number of benzene rings is 2. The topological polar surface area (TPSA) is 26.0 Å². The summed E-state index contributed by atoms with van der Waals surface area (Å²) in [5, 5.41) is 0. The van der Waals surface area contributed by atoms with Crippen LogP contribution in [0.25, 0.3) is 0 Å². The van der Waals surface area contributed by atoms with Gasteiger partial charge in [0.1, 0.15) is 5.82 Å². The Bertz CT molecular complexity index is 516. The van der Waals surface area contributed by atoms with Crippen LogP contribution in [-0.2, 0) is 0 Å². The normalized spacial score (nSPS) is 14.1. The Labute approximate surface area is 114 Å². The molecule has 2 N–H and O–H groups in total. The number of rotatable bonds is 4. The average molecular weight is 257 g/mol. The van der Waals surface area contributed by atoms with E-state index in [0.29, 0.717) is 0 Å².